The number of ether oxygens (including phenoxy) is 4. The van der Waals surface area contributed by atoms with Crippen LogP contribution in [0.5, 0.6) is 17.2 Å². The number of benzene rings is 2. The number of piperidine rings is 1. The molecule has 1 N–H and O–H groups in total. The van der Waals surface area contributed by atoms with Gasteiger partial charge >= 0.3 is 0 Å². The minimum Gasteiger partial charge on any atom is -0.496 e. The Morgan fingerprint density at radius 3 is 2.62 bits per heavy atom. The van der Waals surface area contributed by atoms with Crippen molar-refractivity contribution < 1.29 is 28.5 Å². The SMILES string of the molecule is CCOCc1cc(C(=O)N2CCC(C(=O)Nc3ccc4c(c3)OCO4)CC2)ccc1OC. The van der Waals surface area contributed by atoms with E-state index >= 15 is 0 Å². The van der Waals surface area contributed by atoms with Gasteiger partial charge in [-0.25, -0.2) is 0 Å². The van der Waals surface area contributed by atoms with Gasteiger partial charge in [0.15, 0.2) is 11.5 Å². The van der Waals surface area contributed by atoms with Crippen molar-refractivity contribution in [3.05, 3.63) is 47.5 Å². The molecule has 2 heterocycles. The summed E-state index contributed by atoms with van der Waals surface area (Å²) in [7, 11) is 1.60. The van der Waals surface area contributed by atoms with Gasteiger partial charge in [0.1, 0.15) is 5.75 Å². The van der Waals surface area contributed by atoms with Crippen molar-refractivity contribution in [1.82, 2.24) is 4.90 Å². The minimum absolute atomic E-state index is 0.0416. The molecule has 2 aromatic carbocycles. The van der Waals surface area contributed by atoms with E-state index in [0.29, 0.717) is 67.6 Å². The van der Waals surface area contributed by atoms with Crippen molar-refractivity contribution in [2.24, 2.45) is 5.92 Å². The van der Waals surface area contributed by atoms with Crippen LogP contribution < -0.4 is 19.5 Å². The zero-order chi connectivity index (χ0) is 22.5. The van der Waals surface area contributed by atoms with Crippen molar-refractivity contribution >= 4 is 17.5 Å². The molecule has 170 valence electrons. The number of hydrogen-bond acceptors (Lipinski definition) is 6. The molecule has 0 bridgehead atoms. The molecule has 8 nitrogen and oxygen atoms in total. The molecule has 0 unspecified atom stereocenters. The molecule has 1 saturated heterocycles. The number of hydrogen-bond donors (Lipinski definition) is 1. The third kappa shape index (κ3) is 4.80. The Morgan fingerprint density at radius 2 is 1.88 bits per heavy atom. The molecule has 0 atom stereocenters. The number of carbonyl (C=O) groups excluding carboxylic acids is 2. The summed E-state index contributed by atoms with van der Waals surface area (Å²) in [5.74, 6) is 1.78. The summed E-state index contributed by atoms with van der Waals surface area (Å²) in [5, 5.41) is 2.95. The molecule has 4 rings (SSSR count). The van der Waals surface area contributed by atoms with Crippen LogP contribution in [0.15, 0.2) is 36.4 Å². The Morgan fingerprint density at radius 1 is 1.09 bits per heavy atom. The molecule has 0 aliphatic carbocycles. The number of fused-ring (bicyclic) bond motifs is 1. The maximum atomic E-state index is 13.0. The highest BCUT2D eigenvalue weighted by molar-refractivity contribution is 5.95. The van der Waals surface area contributed by atoms with Gasteiger partial charge in [-0.3, -0.25) is 9.59 Å². The zero-order valence-electron chi connectivity index (χ0n) is 18.4. The average Bonchev–Trinajstić information content (AvgIpc) is 3.30. The fourth-order valence-electron chi connectivity index (χ4n) is 3.98. The molecular weight excluding hydrogens is 412 g/mol. The van der Waals surface area contributed by atoms with Crippen LogP contribution in [-0.4, -0.2) is 50.3 Å². The van der Waals surface area contributed by atoms with Crippen LogP contribution in [0.2, 0.25) is 0 Å². The van der Waals surface area contributed by atoms with Gasteiger partial charge in [-0.2, -0.15) is 0 Å². The van der Waals surface area contributed by atoms with Crippen LogP contribution in [0.4, 0.5) is 5.69 Å². The second-order valence-corrected chi connectivity index (χ2v) is 7.79. The van der Waals surface area contributed by atoms with Crippen LogP contribution in [0.1, 0.15) is 35.7 Å². The maximum Gasteiger partial charge on any atom is 0.253 e. The first kappa shape index (κ1) is 22.0. The fourth-order valence-corrected chi connectivity index (χ4v) is 3.98. The molecule has 2 amide bonds. The summed E-state index contributed by atoms with van der Waals surface area (Å²) in [6.07, 6.45) is 1.23. The second kappa shape index (κ2) is 9.91. The molecule has 2 aliphatic heterocycles. The highest BCUT2D eigenvalue weighted by Crippen LogP contribution is 2.34. The van der Waals surface area contributed by atoms with E-state index in [4.69, 9.17) is 18.9 Å². The summed E-state index contributed by atoms with van der Waals surface area (Å²) >= 11 is 0. The maximum absolute atomic E-state index is 13.0. The lowest BCUT2D eigenvalue weighted by molar-refractivity contribution is -0.121. The lowest BCUT2D eigenvalue weighted by Gasteiger charge is -2.31. The Bertz CT molecular complexity index is 984. The van der Waals surface area contributed by atoms with Gasteiger partial charge in [-0.05, 0) is 50.1 Å². The third-order valence-electron chi connectivity index (χ3n) is 5.78. The van der Waals surface area contributed by atoms with Gasteiger partial charge < -0.3 is 29.2 Å². The molecule has 0 saturated carbocycles. The summed E-state index contributed by atoms with van der Waals surface area (Å²) < 4.78 is 21.5. The van der Waals surface area contributed by atoms with Gasteiger partial charge in [-0.1, -0.05) is 0 Å². The van der Waals surface area contributed by atoms with Gasteiger partial charge in [0.2, 0.25) is 12.7 Å². The van der Waals surface area contributed by atoms with Crippen molar-refractivity contribution in [2.45, 2.75) is 26.4 Å². The van der Waals surface area contributed by atoms with Crippen molar-refractivity contribution in [2.75, 3.05) is 38.9 Å². The van der Waals surface area contributed by atoms with E-state index in [9.17, 15) is 9.59 Å². The molecule has 8 heteroatoms. The summed E-state index contributed by atoms with van der Waals surface area (Å²) in [6.45, 7) is 4.16. The predicted octanol–water partition coefficient (Wildman–Crippen LogP) is 3.45. The first-order valence-corrected chi connectivity index (χ1v) is 10.8. The molecule has 0 radical (unpaired) electrons. The zero-order valence-corrected chi connectivity index (χ0v) is 18.4. The lowest BCUT2D eigenvalue weighted by Crippen LogP contribution is -2.41. The van der Waals surface area contributed by atoms with Crippen LogP contribution in [0.3, 0.4) is 0 Å². The monoisotopic (exact) mass is 440 g/mol. The quantitative estimate of drug-likeness (QED) is 0.710. The van der Waals surface area contributed by atoms with Gasteiger partial charge in [0.05, 0.1) is 13.7 Å². The minimum atomic E-state index is -0.145. The van der Waals surface area contributed by atoms with E-state index in [1.807, 2.05) is 13.0 Å². The predicted molar refractivity (Wildman–Crippen MR) is 118 cm³/mol. The molecule has 32 heavy (non-hydrogen) atoms. The first-order valence-electron chi connectivity index (χ1n) is 10.8. The highest BCUT2D eigenvalue weighted by atomic mass is 16.7. The highest BCUT2D eigenvalue weighted by Gasteiger charge is 2.28. The number of carbonyl (C=O) groups is 2. The van der Waals surface area contributed by atoms with Gasteiger partial charge in [0, 0.05) is 48.5 Å². The van der Waals surface area contributed by atoms with Crippen molar-refractivity contribution in [3.8, 4) is 17.2 Å². The number of nitrogens with one attached hydrogen (secondary N) is 1. The smallest absolute Gasteiger partial charge is 0.253 e. The number of nitrogens with zero attached hydrogens (tertiary/aromatic N) is 1. The summed E-state index contributed by atoms with van der Waals surface area (Å²) in [6, 6.07) is 10.8. The second-order valence-electron chi connectivity index (χ2n) is 7.79. The number of likely N-dealkylation sites (tertiary alicyclic amines) is 1. The van der Waals surface area contributed by atoms with Crippen LogP contribution in [0.25, 0.3) is 0 Å². The van der Waals surface area contributed by atoms with E-state index in [1.165, 1.54) is 0 Å². The Hall–Kier alpha value is -3.26. The normalized spacial score (nSPS) is 15.5. The van der Waals surface area contributed by atoms with E-state index in [1.54, 1.807) is 42.3 Å². The van der Waals surface area contributed by atoms with Gasteiger partial charge in [0.25, 0.3) is 5.91 Å². The number of methoxy groups -OCH3 is 1. The Balaban J connectivity index is 1.34. The van der Waals surface area contributed by atoms with E-state index in [2.05, 4.69) is 5.32 Å². The fraction of sp³-hybridized carbons (Fsp3) is 0.417. The molecule has 1 fully saturated rings. The van der Waals surface area contributed by atoms with Crippen molar-refractivity contribution in [3.63, 3.8) is 0 Å². The standard InChI is InChI=1S/C24H28N2O6/c1-3-30-14-18-12-17(4-6-20(18)29-2)24(28)26-10-8-16(9-11-26)23(27)25-19-5-7-21-22(13-19)32-15-31-21/h4-7,12-13,16H,3,8-11,14-15H2,1-2H3,(H,25,27). The first-order chi connectivity index (χ1) is 15.6. The number of rotatable bonds is 7. The lowest BCUT2D eigenvalue weighted by atomic mass is 9.95. The van der Waals surface area contributed by atoms with Crippen molar-refractivity contribution in [1.29, 1.82) is 0 Å². The van der Waals surface area contributed by atoms with E-state index < -0.39 is 0 Å². The average molecular weight is 440 g/mol. The van der Waals surface area contributed by atoms with Crippen LogP contribution in [0, 0.1) is 5.92 Å². The molecule has 0 spiro atoms. The molecular formula is C24H28N2O6. The molecule has 2 aliphatic rings. The van der Waals surface area contributed by atoms with Crippen LogP contribution >= 0.6 is 0 Å². The Labute approximate surface area is 187 Å². The topological polar surface area (TPSA) is 86.3 Å². The van der Waals surface area contributed by atoms with Gasteiger partial charge in [-0.15, -0.1) is 0 Å². The van der Waals surface area contributed by atoms with Crippen LogP contribution in [-0.2, 0) is 16.1 Å². The third-order valence-corrected chi connectivity index (χ3v) is 5.78. The van der Waals surface area contributed by atoms with E-state index in [-0.39, 0.29) is 24.5 Å². The summed E-state index contributed by atoms with van der Waals surface area (Å²) in [5.41, 5.74) is 2.12. The largest absolute Gasteiger partial charge is 0.496 e. The Kier molecular flexibility index (Phi) is 6.80. The number of amides is 2. The van der Waals surface area contributed by atoms with E-state index in [0.717, 1.165) is 5.56 Å². The molecule has 2 aromatic rings. The summed E-state index contributed by atoms with van der Waals surface area (Å²) in [4.78, 5) is 27.5. The molecule has 0 aromatic heterocycles. The number of anilines is 1.